The van der Waals surface area contributed by atoms with Crippen molar-refractivity contribution >= 4 is 17.7 Å². The number of nitrogens with zero attached hydrogens (tertiary/aromatic N) is 2. The van der Waals surface area contributed by atoms with Gasteiger partial charge >= 0.3 is 12.2 Å². The van der Waals surface area contributed by atoms with Crippen LogP contribution in [0.2, 0.25) is 0 Å². The van der Waals surface area contributed by atoms with Crippen molar-refractivity contribution < 1.29 is 27.6 Å². The topological polar surface area (TPSA) is 71.4 Å². The maximum atomic E-state index is 12.6. The van der Waals surface area contributed by atoms with Crippen LogP contribution in [0.15, 0.2) is 6.07 Å². The molecule has 0 unspecified atom stereocenters. The fourth-order valence-corrected chi connectivity index (χ4v) is 2.95. The highest BCUT2D eigenvalue weighted by molar-refractivity contribution is 6.09. The number of hydrogen-bond donors (Lipinski definition) is 1. The average Bonchev–Trinajstić information content (AvgIpc) is 2.91. The molecule has 0 aliphatic carbocycles. The molecule has 6 nitrogen and oxygen atoms in total. The molecule has 9 heteroatoms. The van der Waals surface area contributed by atoms with Crippen molar-refractivity contribution in [3.8, 4) is 0 Å². The summed E-state index contributed by atoms with van der Waals surface area (Å²) in [5.41, 5.74) is 0.539. The molecule has 0 bridgehead atoms. The van der Waals surface area contributed by atoms with E-state index in [0.29, 0.717) is 18.5 Å². The highest BCUT2D eigenvalue weighted by Crippen LogP contribution is 2.24. The van der Waals surface area contributed by atoms with Gasteiger partial charge in [0, 0.05) is 17.0 Å². The Hall–Kier alpha value is -2.32. The average molecular weight is 359 g/mol. The van der Waals surface area contributed by atoms with Gasteiger partial charge in [-0.15, -0.1) is 0 Å². The summed E-state index contributed by atoms with van der Waals surface area (Å²) < 4.78 is 38.9. The Morgan fingerprint density at radius 3 is 2.48 bits per heavy atom. The van der Waals surface area contributed by atoms with Gasteiger partial charge in [0.1, 0.15) is 12.6 Å². The predicted octanol–water partition coefficient (Wildman–Crippen LogP) is 2.57. The van der Waals surface area contributed by atoms with Gasteiger partial charge in [0.25, 0.3) is 5.91 Å². The fraction of sp³-hybridized carbons (Fsp3) is 0.562. The maximum absolute atomic E-state index is 12.6. The Morgan fingerprint density at radius 2 is 1.92 bits per heavy atom. The number of hydrogen-bond acceptors (Lipinski definition) is 3. The monoisotopic (exact) mass is 359 g/mol. The molecule has 0 spiro atoms. The van der Waals surface area contributed by atoms with Crippen LogP contribution < -0.4 is 5.32 Å². The van der Waals surface area contributed by atoms with Crippen molar-refractivity contribution in [2.45, 2.75) is 52.4 Å². The number of carbonyl (C=O) groups is 3. The normalized spacial score (nSPS) is 18.0. The Labute approximate surface area is 143 Å². The lowest BCUT2D eigenvalue weighted by molar-refractivity contribution is -0.141. The van der Waals surface area contributed by atoms with E-state index in [1.54, 1.807) is 0 Å². The van der Waals surface area contributed by atoms with Gasteiger partial charge in [-0.2, -0.15) is 13.2 Å². The third kappa shape index (κ3) is 4.02. The quantitative estimate of drug-likeness (QED) is 0.627. The molecule has 1 aromatic rings. The van der Waals surface area contributed by atoms with E-state index in [-0.39, 0.29) is 11.3 Å². The first-order valence-electron chi connectivity index (χ1n) is 7.93. The summed E-state index contributed by atoms with van der Waals surface area (Å²) in [6.45, 7) is 3.07. The van der Waals surface area contributed by atoms with Gasteiger partial charge in [-0.3, -0.25) is 14.5 Å². The number of imide groups is 1. The maximum Gasteiger partial charge on any atom is 0.406 e. The minimum atomic E-state index is -4.41. The van der Waals surface area contributed by atoms with Gasteiger partial charge in [0.05, 0.1) is 6.54 Å². The van der Waals surface area contributed by atoms with Crippen LogP contribution in [0.3, 0.4) is 0 Å². The summed E-state index contributed by atoms with van der Waals surface area (Å²) in [6.07, 6.45) is -3.25. The molecule has 3 amide bonds. The zero-order chi connectivity index (χ0) is 18.9. The van der Waals surface area contributed by atoms with E-state index in [1.807, 2.05) is 6.92 Å². The van der Waals surface area contributed by atoms with Crippen molar-refractivity contribution in [1.82, 2.24) is 14.8 Å². The second kappa shape index (κ2) is 6.89. The smallest absolute Gasteiger partial charge is 0.339 e. The summed E-state index contributed by atoms with van der Waals surface area (Å²) in [4.78, 5) is 37.3. The molecule has 138 valence electrons. The molecule has 0 radical (unpaired) electrons. The number of carbonyl (C=O) groups excluding carboxylic acids is 3. The van der Waals surface area contributed by atoms with Gasteiger partial charge in [0.15, 0.2) is 5.78 Å². The number of ketones is 1. The summed E-state index contributed by atoms with van der Waals surface area (Å²) in [5, 5.41) is 2.51. The van der Waals surface area contributed by atoms with Crippen LogP contribution in [0.25, 0.3) is 0 Å². The number of Topliss-reactive ketones (excluding diaryl/α,β-unsaturated/α-hetero) is 1. The number of rotatable bonds is 6. The molecule has 1 saturated heterocycles. The highest BCUT2D eigenvalue weighted by atomic mass is 19.4. The number of halogens is 3. The molecule has 1 aliphatic heterocycles. The first-order chi connectivity index (χ1) is 11.5. The van der Waals surface area contributed by atoms with E-state index < -0.39 is 43.0 Å². The molecule has 2 rings (SSSR count). The van der Waals surface area contributed by atoms with Gasteiger partial charge in [-0.25, -0.2) is 4.79 Å². The third-order valence-corrected chi connectivity index (χ3v) is 4.20. The van der Waals surface area contributed by atoms with E-state index in [1.165, 1.54) is 19.9 Å². The third-order valence-electron chi connectivity index (χ3n) is 4.20. The Balaban J connectivity index is 2.18. The van der Waals surface area contributed by atoms with E-state index in [4.69, 9.17) is 0 Å². The second-order valence-corrected chi connectivity index (χ2v) is 6.12. The molecular weight excluding hydrogens is 339 g/mol. The minimum Gasteiger partial charge on any atom is -0.339 e. The summed E-state index contributed by atoms with van der Waals surface area (Å²) >= 11 is 0. The Morgan fingerprint density at radius 1 is 1.28 bits per heavy atom. The van der Waals surface area contributed by atoms with Crippen LogP contribution in [-0.2, 0) is 11.3 Å². The van der Waals surface area contributed by atoms with Crippen LogP contribution in [0.5, 0.6) is 0 Å². The van der Waals surface area contributed by atoms with Crippen LogP contribution in [-0.4, -0.2) is 46.0 Å². The number of urea groups is 1. The summed E-state index contributed by atoms with van der Waals surface area (Å²) in [5.74, 6) is -1.05. The molecule has 1 N–H and O–H groups in total. The van der Waals surface area contributed by atoms with Crippen molar-refractivity contribution in [3.63, 3.8) is 0 Å². The highest BCUT2D eigenvalue weighted by Gasteiger charge is 2.39. The molecular formula is C16H20F3N3O3. The first-order valence-corrected chi connectivity index (χ1v) is 7.93. The van der Waals surface area contributed by atoms with Crippen LogP contribution in [0, 0.1) is 13.8 Å². The van der Waals surface area contributed by atoms with E-state index in [2.05, 4.69) is 5.32 Å². The second-order valence-electron chi connectivity index (χ2n) is 6.12. The van der Waals surface area contributed by atoms with Gasteiger partial charge < -0.3 is 9.88 Å². The van der Waals surface area contributed by atoms with Crippen molar-refractivity contribution in [1.29, 1.82) is 0 Å². The fourth-order valence-electron chi connectivity index (χ4n) is 2.95. The molecule has 2 heterocycles. The van der Waals surface area contributed by atoms with Crippen molar-refractivity contribution in [2.75, 3.05) is 6.54 Å². The van der Waals surface area contributed by atoms with Crippen LogP contribution in [0.4, 0.5) is 18.0 Å². The number of aromatic nitrogens is 1. The lowest BCUT2D eigenvalue weighted by atomic mass is 10.1. The largest absolute Gasteiger partial charge is 0.406 e. The van der Waals surface area contributed by atoms with Crippen molar-refractivity contribution in [2.24, 2.45) is 0 Å². The molecule has 1 fully saturated rings. The minimum absolute atomic E-state index is 0.0845. The van der Waals surface area contributed by atoms with Crippen LogP contribution in [0.1, 0.15) is 41.5 Å². The number of amides is 3. The SMILES string of the molecule is CCC[C@H]1NC(=O)N(CC(=O)c2cc(C)n(CC(F)(F)F)c2C)C1=O. The van der Waals surface area contributed by atoms with Gasteiger partial charge in [-0.1, -0.05) is 13.3 Å². The zero-order valence-electron chi connectivity index (χ0n) is 14.2. The lowest BCUT2D eigenvalue weighted by Gasteiger charge is -2.14. The first kappa shape index (κ1) is 19.0. The molecule has 0 aromatic carbocycles. The Bertz CT molecular complexity index is 709. The molecule has 1 atom stereocenters. The van der Waals surface area contributed by atoms with Crippen molar-refractivity contribution in [3.05, 3.63) is 23.0 Å². The zero-order valence-corrected chi connectivity index (χ0v) is 14.2. The van der Waals surface area contributed by atoms with Crippen LogP contribution >= 0.6 is 0 Å². The van der Waals surface area contributed by atoms with Gasteiger partial charge in [-0.05, 0) is 26.3 Å². The molecule has 1 aliphatic rings. The van der Waals surface area contributed by atoms with E-state index >= 15 is 0 Å². The summed E-state index contributed by atoms with van der Waals surface area (Å²) in [6, 6.07) is 0.0506. The number of aryl methyl sites for hydroxylation is 1. The van der Waals surface area contributed by atoms with E-state index in [9.17, 15) is 27.6 Å². The van der Waals surface area contributed by atoms with E-state index in [0.717, 1.165) is 9.47 Å². The lowest BCUT2D eigenvalue weighted by Crippen LogP contribution is -2.36. The standard InChI is InChI=1S/C16H20F3N3O3/c1-4-5-12-14(24)21(15(25)20-12)7-13(23)11-6-9(2)22(10(11)3)8-16(17,18)19/h6,12H,4-5,7-8H2,1-3H3,(H,20,25)/t12-/m1/s1. The number of alkyl halides is 3. The predicted molar refractivity (Wildman–Crippen MR) is 83.2 cm³/mol. The molecule has 0 saturated carbocycles. The Kier molecular flexibility index (Phi) is 5.24. The summed E-state index contributed by atoms with van der Waals surface area (Å²) in [7, 11) is 0. The number of nitrogens with one attached hydrogen (secondary N) is 1. The molecule has 25 heavy (non-hydrogen) atoms. The molecule has 1 aromatic heterocycles. The van der Waals surface area contributed by atoms with Gasteiger partial charge in [0.2, 0.25) is 0 Å².